The summed E-state index contributed by atoms with van der Waals surface area (Å²) in [6.07, 6.45) is 3.23. The molecule has 1 amide bonds. The normalized spacial score (nSPS) is 20.6. The van der Waals surface area contributed by atoms with Gasteiger partial charge in [-0.25, -0.2) is 6.29 Å². The Morgan fingerprint density at radius 2 is 1.71 bits per heavy atom. The van der Waals surface area contributed by atoms with E-state index in [0.717, 1.165) is 12.8 Å². The number of ether oxygens (including phenoxy) is 1. The minimum absolute atomic E-state index is 0. The fourth-order valence-corrected chi connectivity index (χ4v) is 6.24. The Morgan fingerprint density at radius 1 is 0.978 bits per heavy atom. The molecule has 1 saturated carbocycles. The third-order valence-electron chi connectivity index (χ3n) is 7.53. The monoisotopic (exact) mass is 681 g/mol. The van der Waals surface area contributed by atoms with Gasteiger partial charge < -0.3 is 35.0 Å². The average molecular weight is 682 g/mol. The quantitative estimate of drug-likeness (QED) is 0.0550. The summed E-state index contributed by atoms with van der Waals surface area (Å²) in [6.45, 7) is -0.244. The molecule has 0 saturated heterocycles. The third kappa shape index (κ3) is 9.95. The van der Waals surface area contributed by atoms with Gasteiger partial charge >= 0.3 is 88.7 Å². The first-order valence-electron chi connectivity index (χ1n) is 13.3. The molecule has 1 aliphatic heterocycles. The van der Waals surface area contributed by atoms with E-state index >= 15 is 0 Å². The first-order chi connectivity index (χ1) is 19.9. The molecule has 0 aromatic heterocycles. The van der Waals surface area contributed by atoms with Crippen LogP contribution in [-0.4, -0.2) is 41.7 Å². The van der Waals surface area contributed by atoms with E-state index in [-0.39, 0.29) is 118 Å². The van der Waals surface area contributed by atoms with Crippen molar-refractivity contribution in [2.24, 2.45) is 5.16 Å². The summed E-state index contributed by atoms with van der Waals surface area (Å²) < 4.78 is 5.27. The first-order valence-corrected chi connectivity index (χ1v) is 14.1. The Labute approximate surface area is 338 Å². The Hall–Kier alpha value is -0.630. The number of halogens is 2. The summed E-state index contributed by atoms with van der Waals surface area (Å²) in [7, 11) is 0. The average Bonchev–Trinajstić information content (AvgIpc) is 2.97. The van der Waals surface area contributed by atoms with E-state index in [0.29, 0.717) is 45.9 Å². The summed E-state index contributed by atoms with van der Waals surface area (Å²) in [4.78, 5) is 31.5. The molecule has 222 valence electrons. The van der Waals surface area contributed by atoms with Gasteiger partial charge in [0, 0.05) is 33.5 Å². The second-order valence-electron chi connectivity index (χ2n) is 10.1. The topological polar surface area (TPSA) is 147 Å². The van der Waals surface area contributed by atoms with Crippen LogP contribution < -0.4 is 104 Å². The van der Waals surface area contributed by atoms with Crippen molar-refractivity contribution < 1.29 is 124 Å². The second kappa shape index (κ2) is 20.0. The number of carbonyl (C=O) groups is 1. The van der Waals surface area contributed by atoms with Gasteiger partial charge in [0.25, 0.3) is 5.91 Å². The minimum atomic E-state index is -0.998. The summed E-state index contributed by atoms with van der Waals surface area (Å²) in [5, 5.41) is 31.8. The van der Waals surface area contributed by atoms with E-state index in [9.17, 15) is 19.8 Å². The van der Waals surface area contributed by atoms with Gasteiger partial charge in [0.1, 0.15) is 12.4 Å². The van der Waals surface area contributed by atoms with Crippen molar-refractivity contribution in [1.82, 2.24) is 4.90 Å². The van der Waals surface area contributed by atoms with Crippen LogP contribution in [0.1, 0.15) is 64.7 Å². The van der Waals surface area contributed by atoms with Crippen LogP contribution in [0, 0.1) is 0 Å². The first kappa shape index (κ1) is 42.4. The number of benzene rings is 3. The number of hydrogen-bond acceptors (Lipinski definition) is 7. The van der Waals surface area contributed by atoms with Crippen molar-refractivity contribution >= 4 is 41.3 Å². The number of carbonyl (C=O) groups excluding carboxylic acids is 2. The molecule has 3 aromatic rings. The zero-order chi connectivity index (χ0) is 28.9. The van der Waals surface area contributed by atoms with E-state index in [1.165, 1.54) is 0 Å². The Morgan fingerprint density at radius 3 is 2.42 bits per heavy atom. The van der Waals surface area contributed by atoms with Crippen LogP contribution in [0.25, 0.3) is 0 Å². The number of amides is 1. The molecule has 9 nitrogen and oxygen atoms in total. The molecule has 45 heavy (non-hydrogen) atoms. The molecule has 3 N–H and O–H groups in total. The Kier molecular flexibility index (Phi) is 18.9. The van der Waals surface area contributed by atoms with Crippen LogP contribution in [0.3, 0.4) is 0 Å². The van der Waals surface area contributed by atoms with Gasteiger partial charge in [-0.05, 0) is 60.0 Å². The molecule has 0 unspecified atom stereocenters. The molecule has 0 spiro atoms. The van der Waals surface area contributed by atoms with E-state index in [2.05, 4.69) is 5.16 Å². The molecule has 1 aliphatic carbocycles. The molecule has 5 rings (SSSR count). The van der Waals surface area contributed by atoms with E-state index < -0.39 is 30.0 Å². The van der Waals surface area contributed by atoms with E-state index in [1.54, 1.807) is 77.9 Å². The maximum Gasteiger partial charge on any atom is 1.00 e. The van der Waals surface area contributed by atoms with Crippen molar-refractivity contribution in [3.05, 3.63) is 99.0 Å². The summed E-state index contributed by atoms with van der Waals surface area (Å²) in [5.41, 5.74) is 2.00. The second-order valence-corrected chi connectivity index (χ2v) is 10.9. The van der Waals surface area contributed by atoms with Crippen molar-refractivity contribution in [2.75, 3.05) is 6.61 Å². The molecular formula is C31H30Cl2N2Na3O7+. The molecule has 2 aliphatic rings. The summed E-state index contributed by atoms with van der Waals surface area (Å²) >= 11 is 12.9. The van der Waals surface area contributed by atoms with Crippen LogP contribution >= 0.6 is 23.2 Å². The smallest absolute Gasteiger partial charge is 0.859 e. The van der Waals surface area contributed by atoms with Crippen molar-refractivity contribution in [2.45, 2.75) is 56.4 Å². The molecule has 1 fully saturated rings. The molecule has 0 bridgehead atoms. The molecule has 1 heterocycles. The fraction of sp³-hybridized carbons (Fsp3) is 0.323. The number of oxime groups is 1. The Bertz CT molecular complexity index is 1470. The van der Waals surface area contributed by atoms with Gasteiger partial charge in [0.05, 0.1) is 6.04 Å². The molecular weight excluding hydrogens is 652 g/mol. The number of hydrogen-bond donors (Lipinski definition) is 0. The van der Waals surface area contributed by atoms with Crippen LogP contribution in [0.5, 0.6) is 5.75 Å². The van der Waals surface area contributed by atoms with Gasteiger partial charge in [-0.1, -0.05) is 78.9 Å². The third-order valence-corrected chi connectivity index (χ3v) is 8.09. The molecule has 3 aromatic carbocycles. The van der Waals surface area contributed by atoms with Crippen LogP contribution in [0.15, 0.2) is 71.9 Å². The zero-order valence-corrected chi connectivity index (χ0v) is 33.1. The summed E-state index contributed by atoms with van der Waals surface area (Å²) in [5.74, 6) is -1.46. The van der Waals surface area contributed by atoms with Gasteiger partial charge in [0.15, 0.2) is 0 Å². The van der Waals surface area contributed by atoms with Crippen molar-refractivity contribution in [3.63, 3.8) is 0 Å². The van der Waals surface area contributed by atoms with Crippen LogP contribution in [0.4, 0.5) is 0 Å². The minimum Gasteiger partial charge on any atom is -0.859 e. The maximum absolute atomic E-state index is 14.0. The Balaban J connectivity index is 0.00000253. The predicted molar refractivity (Wildman–Crippen MR) is 155 cm³/mol. The van der Waals surface area contributed by atoms with E-state index in [1.807, 2.05) is 0 Å². The van der Waals surface area contributed by atoms with Crippen LogP contribution in [0.2, 0.25) is 10.0 Å². The number of rotatable bonds is 9. The standard InChI is InChI=1S/C31H28Cl2N2O6.3Na.H2O/c32-20-12-13-24(25(33)17-20)29-28(30(38)34-41-18-19-6-5-7-21(16-19)40-15-14-36)22-8-1-2-9-23(22)31(39)35(29)26-10-3-4-11-27(26)37;;;;/h1-2,5-9,12-13,16-17,26-29H,3-4,10-11,15,18H2,(H,34,38);;;;1H2/q-2;3*+1;/t26-,27-,28+,29-;;;;/m0..../s1. The summed E-state index contributed by atoms with van der Waals surface area (Å²) in [6, 6.07) is 17.1. The number of nitrogens with zero attached hydrogens (tertiary/aromatic N) is 2. The number of fused-ring (bicyclic) bond motifs is 1. The zero-order valence-electron chi connectivity index (χ0n) is 25.6. The van der Waals surface area contributed by atoms with Crippen LogP contribution in [-0.2, 0) is 21.7 Å². The van der Waals surface area contributed by atoms with Crippen molar-refractivity contribution in [3.8, 4) is 5.75 Å². The van der Waals surface area contributed by atoms with Gasteiger partial charge in [-0.3, -0.25) is 4.79 Å². The van der Waals surface area contributed by atoms with Gasteiger partial charge in [-0.15, -0.1) is 11.3 Å². The molecule has 4 atom stereocenters. The molecule has 14 heteroatoms. The largest absolute Gasteiger partial charge is 1.00 e. The molecule has 0 radical (unpaired) electrons. The predicted octanol–water partition coefficient (Wildman–Crippen LogP) is -5.59. The maximum atomic E-state index is 14.0. The SMILES string of the molecule is O=[C-]COc1cccc(CON=C([O-])[C@@H]2c3ccccc3C(=O)N([C@H]3CCCC[C@@H]3[O-])[C@H]2c2ccc(Cl)cc2Cl)c1.[Na+].[Na+].[Na+].[OH3+]. The fourth-order valence-electron chi connectivity index (χ4n) is 5.72. The van der Waals surface area contributed by atoms with Crippen molar-refractivity contribution in [1.29, 1.82) is 0 Å². The van der Waals surface area contributed by atoms with E-state index in [4.69, 9.17) is 32.8 Å². The van der Waals surface area contributed by atoms with Gasteiger partial charge in [-0.2, -0.15) is 0 Å². The van der Waals surface area contributed by atoms with Gasteiger partial charge in [0.2, 0.25) is 0 Å².